The van der Waals surface area contributed by atoms with Gasteiger partial charge >= 0.3 is 0 Å². The van der Waals surface area contributed by atoms with E-state index in [1.165, 1.54) is 12.5 Å². The summed E-state index contributed by atoms with van der Waals surface area (Å²) in [5.41, 5.74) is 3.18. The fraction of sp³-hybridized carbons (Fsp3) is 0.250. The molecule has 1 N–H and O–H groups in total. The van der Waals surface area contributed by atoms with Crippen LogP contribution in [0.2, 0.25) is 0 Å². The highest BCUT2D eigenvalue weighted by Gasteiger charge is 2.24. The molecule has 1 amide bonds. The number of aromatic amines is 1. The molecule has 1 aliphatic rings. The van der Waals surface area contributed by atoms with Crippen molar-refractivity contribution in [3.63, 3.8) is 0 Å². The fourth-order valence-corrected chi connectivity index (χ4v) is 2.61. The first-order valence-corrected chi connectivity index (χ1v) is 6.76. The van der Waals surface area contributed by atoms with Crippen LogP contribution in [0, 0.1) is 0 Å². The van der Waals surface area contributed by atoms with E-state index in [9.17, 15) is 9.59 Å². The molecule has 2 aromatic rings. The first kappa shape index (κ1) is 12.7. The minimum absolute atomic E-state index is 0.0423. The van der Waals surface area contributed by atoms with Crippen molar-refractivity contribution in [1.82, 2.24) is 4.98 Å². The molecule has 3 rings (SSSR count). The number of hydrogen-bond donors (Lipinski definition) is 1. The number of fused-ring (bicyclic) bond motifs is 1. The minimum atomic E-state index is -0.0790. The number of amides is 1. The molecule has 4 heteroatoms. The smallest absolute Gasteiger partial charge is 0.274 e. The molecule has 0 saturated heterocycles. The number of hydrogen-bond acceptors (Lipinski definition) is 2. The number of aryl methyl sites for hydroxylation is 1. The predicted octanol–water partition coefficient (Wildman–Crippen LogP) is 2.81. The van der Waals surface area contributed by atoms with Crippen LogP contribution in [0.3, 0.4) is 0 Å². The van der Waals surface area contributed by atoms with Crippen LogP contribution in [0.4, 0.5) is 5.69 Å². The van der Waals surface area contributed by atoms with E-state index in [2.05, 4.69) is 11.1 Å². The molecular formula is C16H16N2O2. The van der Waals surface area contributed by atoms with E-state index in [4.69, 9.17) is 0 Å². The van der Waals surface area contributed by atoms with Crippen molar-refractivity contribution in [3.05, 3.63) is 53.3 Å². The van der Waals surface area contributed by atoms with Crippen LogP contribution < -0.4 is 4.90 Å². The Kier molecular flexibility index (Phi) is 3.14. The molecule has 0 bridgehead atoms. The van der Waals surface area contributed by atoms with E-state index in [0.29, 0.717) is 17.8 Å². The average Bonchev–Trinajstić information content (AvgIpc) is 2.96. The molecule has 0 atom stereocenters. The molecule has 1 aliphatic heterocycles. The van der Waals surface area contributed by atoms with Crippen molar-refractivity contribution in [1.29, 1.82) is 0 Å². The van der Waals surface area contributed by atoms with Gasteiger partial charge in [-0.2, -0.15) is 0 Å². The molecule has 0 fully saturated rings. The maximum atomic E-state index is 12.6. The minimum Gasteiger partial charge on any atom is -0.356 e. The topological polar surface area (TPSA) is 53.2 Å². The second-order valence-corrected chi connectivity index (χ2v) is 5.05. The second kappa shape index (κ2) is 4.96. The van der Waals surface area contributed by atoms with E-state index >= 15 is 0 Å². The number of benzene rings is 1. The summed E-state index contributed by atoms with van der Waals surface area (Å²) in [5.74, 6) is -0.121. The molecule has 1 aromatic carbocycles. The maximum absolute atomic E-state index is 12.6. The third kappa shape index (κ3) is 2.13. The van der Waals surface area contributed by atoms with Gasteiger partial charge in [-0.25, -0.2) is 0 Å². The number of Topliss-reactive ketones (excluding diaryl/α,β-unsaturated/α-hetero) is 1. The van der Waals surface area contributed by atoms with Gasteiger partial charge in [-0.05, 0) is 37.5 Å². The van der Waals surface area contributed by atoms with E-state index in [-0.39, 0.29) is 11.7 Å². The van der Waals surface area contributed by atoms with Crippen molar-refractivity contribution in [2.24, 2.45) is 0 Å². The van der Waals surface area contributed by atoms with Gasteiger partial charge in [0.15, 0.2) is 5.78 Å². The zero-order valence-corrected chi connectivity index (χ0v) is 11.3. The molecule has 0 saturated carbocycles. The Morgan fingerprint density at radius 1 is 1.25 bits per heavy atom. The zero-order valence-electron chi connectivity index (χ0n) is 11.3. The predicted molar refractivity (Wildman–Crippen MR) is 77.2 cm³/mol. The highest BCUT2D eigenvalue weighted by atomic mass is 16.2. The normalized spacial score (nSPS) is 13.9. The van der Waals surface area contributed by atoms with Crippen molar-refractivity contribution in [2.75, 3.05) is 11.4 Å². The van der Waals surface area contributed by atoms with Crippen molar-refractivity contribution in [3.8, 4) is 0 Å². The number of para-hydroxylation sites is 1. The van der Waals surface area contributed by atoms with E-state index in [1.54, 1.807) is 17.2 Å². The molecule has 0 unspecified atom stereocenters. The van der Waals surface area contributed by atoms with Gasteiger partial charge in [-0.3, -0.25) is 9.59 Å². The standard InChI is InChI=1S/C16H16N2O2/c1-11(19)13-9-14(17-10-13)16(20)18-8-4-6-12-5-2-3-7-15(12)18/h2-3,5,7,9-10,17H,4,6,8H2,1H3. The van der Waals surface area contributed by atoms with Crippen LogP contribution >= 0.6 is 0 Å². The van der Waals surface area contributed by atoms with Gasteiger partial charge in [0.2, 0.25) is 0 Å². The average molecular weight is 268 g/mol. The summed E-state index contributed by atoms with van der Waals surface area (Å²) in [6.45, 7) is 2.21. The Morgan fingerprint density at radius 3 is 2.80 bits per heavy atom. The van der Waals surface area contributed by atoms with Crippen LogP contribution in [0.1, 0.15) is 39.8 Å². The third-order valence-corrected chi connectivity index (χ3v) is 3.68. The molecule has 0 spiro atoms. The number of aromatic nitrogens is 1. The summed E-state index contributed by atoms with van der Waals surface area (Å²) in [6.07, 6.45) is 3.55. The Morgan fingerprint density at radius 2 is 2.05 bits per heavy atom. The largest absolute Gasteiger partial charge is 0.356 e. The summed E-state index contributed by atoms with van der Waals surface area (Å²) in [6, 6.07) is 9.60. The second-order valence-electron chi connectivity index (χ2n) is 5.05. The fourth-order valence-electron chi connectivity index (χ4n) is 2.61. The van der Waals surface area contributed by atoms with Crippen molar-refractivity contribution in [2.45, 2.75) is 19.8 Å². The quantitative estimate of drug-likeness (QED) is 0.851. The molecule has 0 aliphatic carbocycles. The van der Waals surface area contributed by atoms with E-state index < -0.39 is 0 Å². The maximum Gasteiger partial charge on any atom is 0.274 e. The van der Waals surface area contributed by atoms with Gasteiger partial charge in [-0.1, -0.05) is 18.2 Å². The number of anilines is 1. The molecule has 20 heavy (non-hydrogen) atoms. The number of carbonyl (C=O) groups excluding carboxylic acids is 2. The number of nitrogens with zero attached hydrogens (tertiary/aromatic N) is 1. The number of rotatable bonds is 2. The lowest BCUT2D eigenvalue weighted by Crippen LogP contribution is -2.35. The van der Waals surface area contributed by atoms with Gasteiger partial charge < -0.3 is 9.88 Å². The van der Waals surface area contributed by atoms with Crippen molar-refractivity contribution < 1.29 is 9.59 Å². The van der Waals surface area contributed by atoms with Crippen LogP contribution in [0.25, 0.3) is 0 Å². The van der Waals surface area contributed by atoms with Crippen LogP contribution in [0.15, 0.2) is 36.5 Å². The lowest BCUT2D eigenvalue weighted by molar-refractivity contribution is 0.0980. The molecule has 0 radical (unpaired) electrons. The van der Waals surface area contributed by atoms with Crippen molar-refractivity contribution >= 4 is 17.4 Å². The number of ketones is 1. The summed E-state index contributed by atoms with van der Waals surface area (Å²) < 4.78 is 0. The number of carbonyl (C=O) groups is 2. The number of H-pyrrole nitrogens is 1. The summed E-state index contributed by atoms with van der Waals surface area (Å²) in [4.78, 5) is 28.6. The molecule has 2 heterocycles. The van der Waals surface area contributed by atoms with Gasteiger partial charge in [0, 0.05) is 24.0 Å². The summed E-state index contributed by atoms with van der Waals surface area (Å²) in [5, 5.41) is 0. The molecule has 4 nitrogen and oxygen atoms in total. The van der Waals surface area contributed by atoms with E-state index in [0.717, 1.165) is 18.5 Å². The molecular weight excluding hydrogens is 252 g/mol. The Balaban J connectivity index is 1.93. The summed E-state index contributed by atoms with van der Waals surface area (Å²) in [7, 11) is 0. The molecule has 1 aromatic heterocycles. The first-order valence-electron chi connectivity index (χ1n) is 6.76. The first-order chi connectivity index (χ1) is 9.66. The monoisotopic (exact) mass is 268 g/mol. The zero-order chi connectivity index (χ0) is 14.1. The van der Waals surface area contributed by atoms with Crippen LogP contribution in [0.5, 0.6) is 0 Å². The van der Waals surface area contributed by atoms with Crippen LogP contribution in [-0.4, -0.2) is 23.2 Å². The Labute approximate surface area is 117 Å². The SMILES string of the molecule is CC(=O)c1c[nH]c(C(=O)N2CCCc3ccccc32)c1. The van der Waals surface area contributed by atoms with Gasteiger partial charge in [-0.15, -0.1) is 0 Å². The highest BCUT2D eigenvalue weighted by molar-refractivity contribution is 6.07. The van der Waals surface area contributed by atoms with Gasteiger partial charge in [0.25, 0.3) is 5.91 Å². The number of nitrogens with one attached hydrogen (secondary N) is 1. The third-order valence-electron chi connectivity index (χ3n) is 3.68. The Hall–Kier alpha value is -2.36. The highest BCUT2D eigenvalue weighted by Crippen LogP contribution is 2.27. The lowest BCUT2D eigenvalue weighted by atomic mass is 10.0. The van der Waals surface area contributed by atoms with Gasteiger partial charge in [0.1, 0.15) is 5.69 Å². The van der Waals surface area contributed by atoms with Gasteiger partial charge in [0.05, 0.1) is 0 Å². The molecule has 102 valence electrons. The lowest BCUT2D eigenvalue weighted by Gasteiger charge is -2.29. The summed E-state index contributed by atoms with van der Waals surface area (Å²) >= 11 is 0. The van der Waals surface area contributed by atoms with E-state index in [1.807, 2.05) is 18.2 Å². The van der Waals surface area contributed by atoms with Crippen LogP contribution in [-0.2, 0) is 6.42 Å². The Bertz CT molecular complexity index is 673.